The van der Waals surface area contributed by atoms with Crippen molar-refractivity contribution in [3.63, 3.8) is 0 Å². The first-order chi connectivity index (χ1) is 8.18. The van der Waals surface area contributed by atoms with Crippen LogP contribution in [0.3, 0.4) is 0 Å². The Kier molecular flexibility index (Phi) is 3.52. The Bertz CT molecular complexity index is 400. The predicted molar refractivity (Wildman–Crippen MR) is 68.0 cm³/mol. The van der Waals surface area contributed by atoms with E-state index in [2.05, 4.69) is 0 Å². The summed E-state index contributed by atoms with van der Waals surface area (Å²) < 4.78 is 5.41. The first-order valence-corrected chi connectivity index (χ1v) is 5.97. The van der Waals surface area contributed by atoms with Gasteiger partial charge in [-0.1, -0.05) is 12.1 Å². The third kappa shape index (κ3) is 2.70. The highest BCUT2D eigenvalue weighted by atomic mass is 16.6. The lowest BCUT2D eigenvalue weighted by atomic mass is 10.2. The van der Waals surface area contributed by atoms with Crippen LogP contribution in [-0.2, 0) is 4.74 Å². The average Bonchev–Trinajstić information content (AvgIpc) is 2.81. The summed E-state index contributed by atoms with van der Waals surface area (Å²) in [6.45, 7) is 0. The van der Waals surface area contributed by atoms with Gasteiger partial charge in [-0.3, -0.25) is 4.90 Å². The van der Waals surface area contributed by atoms with E-state index in [0.29, 0.717) is 11.4 Å². The molecule has 1 aliphatic carbocycles. The van der Waals surface area contributed by atoms with Crippen molar-refractivity contribution in [3.05, 3.63) is 24.3 Å². The fourth-order valence-electron chi connectivity index (χ4n) is 2.12. The number of amides is 1. The molecule has 2 rings (SSSR count). The number of nitrogens with two attached hydrogens (primary N) is 1. The molecule has 4 heteroatoms. The zero-order valence-electron chi connectivity index (χ0n) is 10.1. The van der Waals surface area contributed by atoms with Crippen molar-refractivity contribution >= 4 is 17.5 Å². The quantitative estimate of drug-likeness (QED) is 0.800. The summed E-state index contributed by atoms with van der Waals surface area (Å²) in [6.07, 6.45) is 4.00. The summed E-state index contributed by atoms with van der Waals surface area (Å²) in [6, 6.07) is 7.28. The number of para-hydroxylation sites is 2. The molecule has 1 aromatic carbocycles. The van der Waals surface area contributed by atoms with E-state index in [-0.39, 0.29) is 12.2 Å². The summed E-state index contributed by atoms with van der Waals surface area (Å²) in [4.78, 5) is 13.4. The molecule has 0 heterocycles. The summed E-state index contributed by atoms with van der Waals surface area (Å²) in [5.41, 5.74) is 7.09. The molecule has 1 amide bonds. The van der Waals surface area contributed by atoms with Crippen molar-refractivity contribution in [2.45, 2.75) is 31.8 Å². The fourth-order valence-corrected chi connectivity index (χ4v) is 2.12. The Labute approximate surface area is 101 Å². The molecule has 17 heavy (non-hydrogen) atoms. The maximum Gasteiger partial charge on any atom is 0.414 e. The maximum absolute atomic E-state index is 11.9. The number of anilines is 2. The van der Waals surface area contributed by atoms with E-state index < -0.39 is 0 Å². The second-order valence-electron chi connectivity index (χ2n) is 4.41. The first-order valence-electron chi connectivity index (χ1n) is 5.97. The summed E-state index contributed by atoms with van der Waals surface area (Å²) in [7, 11) is 1.68. The molecule has 0 radical (unpaired) electrons. The van der Waals surface area contributed by atoms with E-state index in [1.165, 1.54) is 4.90 Å². The molecule has 0 atom stereocenters. The molecule has 0 unspecified atom stereocenters. The van der Waals surface area contributed by atoms with E-state index in [4.69, 9.17) is 10.5 Å². The van der Waals surface area contributed by atoms with Gasteiger partial charge in [0.1, 0.15) is 6.10 Å². The second-order valence-corrected chi connectivity index (χ2v) is 4.41. The van der Waals surface area contributed by atoms with Gasteiger partial charge in [-0.05, 0) is 37.8 Å². The summed E-state index contributed by atoms with van der Waals surface area (Å²) in [5, 5.41) is 0. The average molecular weight is 234 g/mol. The van der Waals surface area contributed by atoms with Crippen LogP contribution in [0.4, 0.5) is 16.2 Å². The Balaban J connectivity index is 2.01. The van der Waals surface area contributed by atoms with E-state index in [9.17, 15) is 4.79 Å². The first kappa shape index (κ1) is 11.8. The molecule has 1 aliphatic rings. The number of hydrogen-bond acceptors (Lipinski definition) is 3. The molecule has 0 bridgehead atoms. The van der Waals surface area contributed by atoms with Crippen LogP contribution in [-0.4, -0.2) is 19.2 Å². The van der Waals surface area contributed by atoms with Crippen LogP contribution in [0.2, 0.25) is 0 Å². The fraction of sp³-hybridized carbons (Fsp3) is 0.462. The number of rotatable bonds is 2. The van der Waals surface area contributed by atoms with Crippen molar-refractivity contribution in [2.24, 2.45) is 0 Å². The van der Waals surface area contributed by atoms with Gasteiger partial charge in [-0.2, -0.15) is 0 Å². The standard InChI is InChI=1S/C13H18N2O2/c1-15(12-9-5-4-8-11(12)14)13(16)17-10-6-2-3-7-10/h4-5,8-10H,2-3,6-7,14H2,1H3. The molecule has 1 aromatic rings. The molecule has 0 saturated heterocycles. The third-order valence-corrected chi connectivity index (χ3v) is 3.14. The highest BCUT2D eigenvalue weighted by Gasteiger charge is 2.22. The molecule has 1 saturated carbocycles. The van der Waals surface area contributed by atoms with Gasteiger partial charge in [0.25, 0.3) is 0 Å². The van der Waals surface area contributed by atoms with Gasteiger partial charge in [0, 0.05) is 7.05 Å². The topological polar surface area (TPSA) is 55.6 Å². The SMILES string of the molecule is CN(C(=O)OC1CCCC1)c1ccccc1N. The number of carbonyl (C=O) groups excluding carboxylic acids is 1. The number of benzene rings is 1. The van der Waals surface area contributed by atoms with Crippen molar-refractivity contribution in [1.29, 1.82) is 0 Å². The molecular weight excluding hydrogens is 216 g/mol. The van der Waals surface area contributed by atoms with E-state index >= 15 is 0 Å². The minimum atomic E-state index is -0.324. The molecule has 4 nitrogen and oxygen atoms in total. The van der Waals surface area contributed by atoms with Crippen LogP contribution in [0.15, 0.2) is 24.3 Å². The van der Waals surface area contributed by atoms with Crippen molar-refractivity contribution < 1.29 is 9.53 Å². The smallest absolute Gasteiger partial charge is 0.414 e. The Morgan fingerprint density at radius 2 is 2.00 bits per heavy atom. The largest absolute Gasteiger partial charge is 0.446 e. The lowest BCUT2D eigenvalue weighted by Gasteiger charge is -2.21. The van der Waals surface area contributed by atoms with E-state index in [1.807, 2.05) is 18.2 Å². The van der Waals surface area contributed by atoms with Gasteiger partial charge in [-0.15, -0.1) is 0 Å². The van der Waals surface area contributed by atoms with Crippen LogP contribution in [0, 0.1) is 0 Å². The van der Waals surface area contributed by atoms with Crippen LogP contribution in [0.1, 0.15) is 25.7 Å². The zero-order chi connectivity index (χ0) is 12.3. The lowest BCUT2D eigenvalue weighted by molar-refractivity contribution is 0.109. The normalized spacial score (nSPS) is 15.8. The number of ether oxygens (including phenoxy) is 1. The van der Waals surface area contributed by atoms with Gasteiger partial charge in [-0.25, -0.2) is 4.79 Å². The molecule has 92 valence electrons. The Hall–Kier alpha value is -1.71. The number of nitrogen functional groups attached to an aromatic ring is 1. The van der Waals surface area contributed by atoms with Gasteiger partial charge in [0.15, 0.2) is 0 Å². The number of nitrogens with zero attached hydrogens (tertiary/aromatic N) is 1. The minimum absolute atomic E-state index is 0.0786. The van der Waals surface area contributed by atoms with E-state index in [0.717, 1.165) is 25.7 Å². The monoisotopic (exact) mass is 234 g/mol. The molecule has 1 fully saturated rings. The van der Waals surface area contributed by atoms with Crippen molar-refractivity contribution in [3.8, 4) is 0 Å². The maximum atomic E-state index is 11.9. The Morgan fingerprint density at radius 1 is 1.35 bits per heavy atom. The van der Waals surface area contributed by atoms with Crippen molar-refractivity contribution in [2.75, 3.05) is 17.7 Å². The predicted octanol–water partition coefficient (Wildman–Crippen LogP) is 2.78. The second kappa shape index (κ2) is 5.08. The molecule has 0 spiro atoms. The highest BCUT2D eigenvalue weighted by Crippen LogP contribution is 2.25. The van der Waals surface area contributed by atoms with Crippen LogP contribution < -0.4 is 10.6 Å². The molecule has 0 aliphatic heterocycles. The molecule has 0 aromatic heterocycles. The van der Waals surface area contributed by atoms with Gasteiger partial charge >= 0.3 is 6.09 Å². The number of carbonyl (C=O) groups is 1. The van der Waals surface area contributed by atoms with E-state index in [1.54, 1.807) is 13.1 Å². The Morgan fingerprint density at radius 3 is 2.65 bits per heavy atom. The van der Waals surface area contributed by atoms with Crippen LogP contribution >= 0.6 is 0 Å². The summed E-state index contributed by atoms with van der Waals surface area (Å²) >= 11 is 0. The lowest BCUT2D eigenvalue weighted by Crippen LogP contribution is -2.30. The minimum Gasteiger partial charge on any atom is -0.446 e. The van der Waals surface area contributed by atoms with Crippen LogP contribution in [0.25, 0.3) is 0 Å². The molecule has 2 N–H and O–H groups in total. The van der Waals surface area contributed by atoms with Gasteiger partial charge < -0.3 is 10.5 Å². The van der Waals surface area contributed by atoms with Crippen LogP contribution in [0.5, 0.6) is 0 Å². The van der Waals surface area contributed by atoms with Crippen molar-refractivity contribution in [1.82, 2.24) is 0 Å². The summed E-state index contributed by atoms with van der Waals surface area (Å²) in [5.74, 6) is 0. The zero-order valence-corrected chi connectivity index (χ0v) is 10.1. The van der Waals surface area contributed by atoms with Gasteiger partial charge in [0.2, 0.25) is 0 Å². The highest BCUT2D eigenvalue weighted by molar-refractivity contribution is 5.91. The molecular formula is C13H18N2O2. The number of hydrogen-bond donors (Lipinski definition) is 1. The third-order valence-electron chi connectivity index (χ3n) is 3.14. The van der Waals surface area contributed by atoms with Gasteiger partial charge in [0.05, 0.1) is 11.4 Å².